The quantitative estimate of drug-likeness (QED) is 0.677. The summed E-state index contributed by atoms with van der Waals surface area (Å²) in [7, 11) is 1.69. The number of aryl methyl sites for hydroxylation is 1. The minimum Gasteiger partial charge on any atom is -0.380 e. The molecule has 0 fully saturated rings. The van der Waals surface area contributed by atoms with Crippen molar-refractivity contribution in [1.82, 2.24) is 4.98 Å². The van der Waals surface area contributed by atoms with Gasteiger partial charge in [-0.15, -0.1) is 0 Å². The monoisotopic (exact) mass is 309 g/mol. The molecular weight excluding hydrogens is 289 g/mol. The molecule has 0 bridgehead atoms. The third kappa shape index (κ3) is 5.31. The summed E-state index contributed by atoms with van der Waals surface area (Å²) in [6, 6.07) is 20.9. The minimum atomic E-state index is -0.132. The molecule has 23 heavy (non-hydrogen) atoms. The lowest BCUT2D eigenvalue weighted by Gasteiger charge is -2.02. The van der Waals surface area contributed by atoms with E-state index in [1.165, 1.54) is 6.07 Å². The summed E-state index contributed by atoms with van der Waals surface area (Å²) in [5.74, 6) is -0.132. The van der Waals surface area contributed by atoms with Gasteiger partial charge in [0.15, 0.2) is 0 Å². The van der Waals surface area contributed by atoms with Crippen LogP contribution in [0, 0.1) is 12.7 Å². The molecule has 118 valence electrons. The van der Waals surface area contributed by atoms with Gasteiger partial charge in [-0.2, -0.15) is 0 Å². The van der Waals surface area contributed by atoms with Gasteiger partial charge in [0.05, 0.1) is 12.3 Å². The van der Waals surface area contributed by atoms with Gasteiger partial charge in [0, 0.05) is 18.9 Å². The number of benzene rings is 2. The van der Waals surface area contributed by atoms with E-state index in [1.807, 2.05) is 42.6 Å². The maximum Gasteiger partial charge on any atom is 0.126 e. The van der Waals surface area contributed by atoms with Crippen molar-refractivity contribution in [1.29, 1.82) is 0 Å². The van der Waals surface area contributed by atoms with Gasteiger partial charge < -0.3 is 4.74 Å². The van der Waals surface area contributed by atoms with Crippen LogP contribution in [0.1, 0.15) is 11.1 Å². The Morgan fingerprint density at radius 1 is 0.913 bits per heavy atom. The normalized spacial score (nSPS) is 9.87. The van der Waals surface area contributed by atoms with Crippen LogP contribution in [0.15, 0.2) is 72.9 Å². The summed E-state index contributed by atoms with van der Waals surface area (Å²) < 4.78 is 17.4. The number of nitrogens with zero attached hydrogens (tertiary/aromatic N) is 1. The van der Waals surface area contributed by atoms with Crippen LogP contribution in [0.2, 0.25) is 0 Å². The standard InChI is InChI=1S/C13H13NO.C7H7F/c1-15-10-11-7-8-13(14-9-11)12-5-3-2-4-6-12;1-6-4-2-3-5-7(6)8/h2-9H,10H2,1H3;2-5H,1H3. The van der Waals surface area contributed by atoms with Crippen molar-refractivity contribution in [2.75, 3.05) is 7.11 Å². The number of ether oxygens (including phenoxy) is 1. The molecular formula is C20H20FNO. The van der Waals surface area contributed by atoms with Gasteiger partial charge in [0.2, 0.25) is 0 Å². The molecule has 0 saturated carbocycles. The lowest BCUT2D eigenvalue weighted by Crippen LogP contribution is -1.89. The largest absolute Gasteiger partial charge is 0.380 e. The zero-order valence-corrected chi connectivity index (χ0v) is 13.4. The zero-order valence-electron chi connectivity index (χ0n) is 13.4. The number of methoxy groups -OCH3 is 1. The predicted octanol–water partition coefficient (Wildman–Crippen LogP) is 5.03. The first-order chi connectivity index (χ1) is 11.2. The molecule has 2 aromatic carbocycles. The van der Waals surface area contributed by atoms with E-state index in [9.17, 15) is 4.39 Å². The molecule has 1 heterocycles. The van der Waals surface area contributed by atoms with Crippen LogP contribution < -0.4 is 0 Å². The number of aromatic nitrogens is 1. The SMILES string of the molecule is COCc1ccc(-c2ccccc2)nc1.Cc1ccccc1F. The summed E-state index contributed by atoms with van der Waals surface area (Å²) in [4.78, 5) is 4.39. The molecule has 3 heteroatoms. The van der Waals surface area contributed by atoms with Crippen molar-refractivity contribution < 1.29 is 9.13 Å². The third-order valence-electron chi connectivity index (χ3n) is 3.28. The Hall–Kier alpha value is -2.52. The van der Waals surface area contributed by atoms with E-state index in [0.717, 1.165) is 16.8 Å². The van der Waals surface area contributed by atoms with Crippen LogP contribution >= 0.6 is 0 Å². The van der Waals surface area contributed by atoms with E-state index >= 15 is 0 Å². The molecule has 0 atom stereocenters. The second kappa shape index (κ2) is 8.81. The van der Waals surface area contributed by atoms with Crippen LogP contribution in [-0.2, 0) is 11.3 Å². The molecule has 0 saturated heterocycles. The predicted molar refractivity (Wildman–Crippen MR) is 91.5 cm³/mol. The highest BCUT2D eigenvalue weighted by Gasteiger charge is 1.98. The highest BCUT2D eigenvalue weighted by molar-refractivity contribution is 5.58. The molecule has 1 aromatic heterocycles. The number of rotatable bonds is 3. The van der Waals surface area contributed by atoms with E-state index in [2.05, 4.69) is 17.1 Å². The van der Waals surface area contributed by atoms with E-state index < -0.39 is 0 Å². The molecule has 0 spiro atoms. The van der Waals surface area contributed by atoms with Gasteiger partial charge >= 0.3 is 0 Å². The maximum atomic E-state index is 12.3. The van der Waals surface area contributed by atoms with Gasteiger partial charge in [0.25, 0.3) is 0 Å². The van der Waals surface area contributed by atoms with Crippen molar-refractivity contribution in [3.05, 3.63) is 89.9 Å². The highest BCUT2D eigenvalue weighted by Crippen LogP contribution is 2.16. The molecule has 0 unspecified atom stereocenters. The van der Waals surface area contributed by atoms with Crippen LogP contribution in [-0.4, -0.2) is 12.1 Å². The Morgan fingerprint density at radius 2 is 1.61 bits per heavy atom. The van der Waals surface area contributed by atoms with Gasteiger partial charge in [0.1, 0.15) is 5.82 Å². The van der Waals surface area contributed by atoms with E-state index in [-0.39, 0.29) is 5.82 Å². The highest BCUT2D eigenvalue weighted by atomic mass is 19.1. The molecule has 3 rings (SSSR count). The first kappa shape index (κ1) is 16.8. The van der Waals surface area contributed by atoms with Gasteiger partial charge in [-0.05, 0) is 30.2 Å². The molecule has 0 N–H and O–H groups in total. The van der Waals surface area contributed by atoms with Gasteiger partial charge in [-0.25, -0.2) is 4.39 Å². The number of hydrogen-bond donors (Lipinski definition) is 0. The third-order valence-corrected chi connectivity index (χ3v) is 3.28. The molecule has 0 radical (unpaired) electrons. The lowest BCUT2D eigenvalue weighted by atomic mass is 10.1. The van der Waals surface area contributed by atoms with E-state index in [0.29, 0.717) is 12.2 Å². The second-order valence-electron chi connectivity index (χ2n) is 5.10. The maximum absolute atomic E-state index is 12.3. The van der Waals surface area contributed by atoms with Crippen molar-refractivity contribution in [3.63, 3.8) is 0 Å². The van der Waals surface area contributed by atoms with Gasteiger partial charge in [-0.3, -0.25) is 4.98 Å². The Labute approximate surface area is 136 Å². The summed E-state index contributed by atoms with van der Waals surface area (Å²) in [6.45, 7) is 2.36. The average Bonchev–Trinajstić information content (AvgIpc) is 2.60. The summed E-state index contributed by atoms with van der Waals surface area (Å²) in [6.07, 6.45) is 1.85. The summed E-state index contributed by atoms with van der Waals surface area (Å²) >= 11 is 0. The molecule has 2 nitrogen and oxygen atoms in total. The fourth-order valence-corrected chi connectivity index (χ4v) is 2.01. The lowest BCUT2D eigenvalue weighted by molar-refractivity contribution is 0.184. The molecule has 3 aromatic rings. The van der Waals surface area contributed by atoms with Crippen LogP contribution in [0.3, 0.4) is 0 Å². The fraction of sp³-hybridized carbons (Fsp3) is 0.150. The smallest absolute Gasteiger partial charge is 0.126 e. The van der Waals surface area contributed by atoms with Crippen molar-refractivity contribution >= 4 is 0 Å². The molecule has 0 aliphatic rings. The zero-order chi connectivity index (χ0) is 16.5. The first-order valence-corrected chi connectivity index (χ1v) is 7.41. The number of pyridine rings is 1. The molecule has 0 aliphatic carbocycles. The summed E-state index contributed by atoms with van der Waals surface area (Å²) in [5.41, 5.74) is 3.93. The molecule has 0 amide bonds. The Balaban J connectivity index is 0.000000203. The Bertz CT molecular complexity index is 690. The second-order valence-corrected chi connectivity index (χ2v) is 5.10. The van der Waals surface area contributed by atoms with Crippen molar-refractivity contribution in [3.8, 4) is 11.3 Å². The van der Waals surface area contributed by atoms with Crippen molar-refractivity contribution in [2.24, 2.45) is 0 Å². The van der Waals surface area contributed by atoms with Gasteiger partial charge in [-0.1, -0.05) is 54.6 Å². The Kier molecular flexibility index (Phi) is 6.45. The van der Waals surface area contributed by atoms with Crippen molar-refractivity contribution in [2.45, 2.75) is 13.5 Å². The van der Waals surface area contributed by atoms with Crippen LogP contribution in [0.4, 0.5) is 4.39 Å². The number of hydrogen-bond acceptors (Lipinski definition) is 2. The van der Waals surface area contributed by atoms with E-state index in [1.54, 1.807) is 26.2 Å². The van der Waals surface area contributed by atoms with Crippen LogP contribution in [0.25, 0.3) is 11.3 Å². The molecule has 0 aliphatic heterocycles. The van der Waals surface area contributed by atoms with E-state index in [4.69, 9.17) is 4.74 Å². The summed E-state index contributed by atoms with van der Waals surface area (Å²) in [5, 5.41) is 0. The minimum absolute atomic E-state index is 0.132. The van der Waals surface area contributed by atoms with Crippen LogP contribution in [0.5, 0.6) is 0 Å². The fourth-order valence-electron chi connectivity index (χ4n) is 2.01. The topological polar surface area (TPSA) is 22.1 Å². The first-order valence-electron chi connectivity index (χ1n) is 7.41. The Morgan fingerprint density at radius 3 is 2.13 bits per heavy atom. The number of halogens is 1. The average molecular weight is 309 g/mol.